The third kappa shape index (κ3) is 5.47. The van der Waals surface area contributed by atoms with E-state index in [1.54, 1.807) is 7.11 Å². The largest absolute Gasteiger partial charge is 0.497 e. The first-order chi connectivity index (χ1) is 11.3. The Balaban J connectivity index is 1.88. The van der Waals surface area contributed by atoms with Gasteiger partial charge in [0, 0.05) is 5.92 Å². The van der Waals surface area contributed by atoms with Gasteiger partial charge in [-0.25, -0.2) is 0 Å². The van der Waals surface area contributed by atoms with E-state index in [1.807, 2.05) is 45.0 Å². The Hall–Kier alpha value is -1.10. The van der Waals surface area contributed by atoms with E-state index in [1.165, 1.54) is 0 Å². The Morgan fingerprint density at radius 1 is 1.17 bits per heavy atom. The van der Waals surface area contributed by atoms with E-state index in [0.717, 1.165) is 30.6 Å². The van der Waals surface area contributed by atoms with Crippen LogP contribution in [0.25, 0.3) is 0 Å². The second-order valence-corrected chi connectivity index (χ2v) is 7.71. The van der Waals surface area contributed by atoms with Gasteiger partial charge in [-0.2, -0.15) is 0 Å². The summed E-state index contributed by atoms with van der Waals surface area (Å²) in [6, 6.07) is 7.96. The number of methoxy groups -OCH3 is 1. The molecule has 0 heterocycles. The maximum absolute atomic E-state index is 10.5. The van der Waals surface area contributed by atoms with Crippen LogP contribution in [-0.2, 0) is 16.1 Å². The topological polar surface area (TPSA) is 47.9 Å². The van der Waals surface area contributed by atoms with E-state index in [0.29, 0.717) is 12.5 Å². The normalized spacial score (nSPS) is 25.7. The highest BCUT2D eigenvalue weighted by Crippen LogP contribution is 2.39. The van der Waals surface area contributed by atoms with Gasteiger partial charge in [-0.15, -0.1) is 0 Å². The van der Waals surface area contributed by atoms with Crippen molar-refractivity contribution in [2.24, 2.45) is 11.8 Å². The van der Waals surface area contributed by atoms with Crippen molar-refractivity contribution in [2.75, 3.05) is 7.11 Å². The predicted octanol–water partition coefficient (Wildman–Crippen LogP) is 4.15. The zero-order valence-corrected chi connectivity index (χ0v) is 15.6. The average molecular weight is 336 g/mol. The Bertz CT molecular complexity index is 491. The van der Waals surface area contributed by atoms with Gasteiger partial charge >= 0.3 is 0 Å². The van der Waals surface area contributed by atoms with E-state index in [2.05, 4.69) is 6.92 Å². The van der Waals surface area contributed by atoms with Crippen molar-refractivity contribution in [1.82, 2.24) is 0 Å². The second kappa shape index (κ2) is 8.32. The highest BCUT2D eigenvalue weighted by atomic mass is 16.6. The van der Waals surface area contributed by atoms with Crippen LogP contribution in [0.1, 0.15) is 52.5 Å². The molecule has 0 saturated heterocycles. The second-order valence-electron chi connectivity index (χ2n) is 7.71. The average Bonchev–Trinajstić information content (AvgIpc) is 2.95. The van der Waals surface area contributed by atoms with Crippen LogP contribution in [0.5, 0.6) is 5.75 Å². The number of hydrogen-bond acceptors (Lipinski definition) is 4. The molecule has 4 nitrogen and oxygen atoms in total. The van der Waals surface area contributed by atoms with Gasteiger partial charge in [-0.1, -0.05) is 25.5 Å². The summed E-state index contributed by atoms with van der Waals surface area (Å²) >= 11 is 0. The minimum absolute atomic E-state index is 0.148. The van der Waals surface area contributed by atoms with Crippen LogP contribution in [0.3, 0.4) is 0 Å². The van der Waals surface area contributed by atoms with E-state index in [9.17, 15) is 5.11 Å². The zero-order chi connectivity index (χ0) is 17.7. The molecule has 1 saturated carbocycles. The molecule has 1 aliphatic carbocycles. The SMILES string of the molecule is CCC1CC(OCc2ccc(OC)cc2)CC1C(O)OC(C)(C)C. The third-order valence-electron chi connectivity index (χ3n) is 4.72. The van der Waals surface area contributed by atoms with E-state index >= 15 is 0 Å². The molecule has 1 fully saturated rings. The monoisotopic (exact) mass is 336 g/mol. The molecular formula is C20H32O4. The van der Waals surface area contributed by atoms with Gasteiger partial charge < -0.3 is 19.3 Å². The van der Waals surface area contributed by atoms with Gasteiger partial charge in [-0.3, -0.25) is 0 Å². The van der Waals surface area contributed by atoms with Crippen molar-refractivity contribution in [1.29, 1.82) is 0 Å². The number of ether oxygens (including phenoxy) is 3. The van der Waals surface area contributed by atoms with Crippen LogP contribution >= 0.6 is 0 Å². The van der Waals surface area contributed by atoms with Crippen LogP contribution in [-0.4, -0.2) is 30.2 Å². The van der Waals surface area contributed by atoms with Crippen molar-refractivity contribution in [3.05, 3.63) is 29.8 Å². The summed E-state index contributed by atoms with van der Waals surface area (Å²) in [5, 5.41) is 10.5. The molecule has 4 atom stereocenters. The Labute approximate surface area is 146 Å². The summed E-state index contributed by atoms with van der Waals surface area (Å²) in [5.74, 6) is 1.45. The molecule has 0 aromatic heterocycles. The summed E-state index contributed by atoms with van der Waals surface area (Å²) in [6.45, 7) is 8.69. The summed E-state index contributed by atoms with van der Waals surface area (Å²) < 4.78 is 17.0. The molecule has 0 spiro atoms. The van der Waals surface area contributed by atoms with Crippen LogP contribution in [0, 0.1) is 11.8 Å². The predicted molar refractivity (Wildman–Crippen MR) is 94.9 cm³/mol. The zero-order valence-electron chi connectivity index (χ0n) is 15.6. The highest BCUT2D eigenvalue weighted by Gasteiger charge is 2.39. The first kappa shape index (κ1) is 19.2. The molecule has 1 aromatic carbocycles. The molecule has 4 unspecified atom stereocenters. The molecule has 0 bridgehead atoms. The minimum atomic E-state index is -0.718. The fraction of sp³-hybridized carbons (Fsp3) is 0.700. The lowest BCUT2D eigenvalue weighted by Gasteiger charge is -2.30. The summed E-state index contributed by atoms with van der Waals surface area (Å²) in [6.07, 6.45) is 2.34. The number of benzene rings is 1. The van der Waals surface area contributed by atoms with Crippen molar-refractivity contribution in [3.63, 3.8) is 0 Å². The van der Waals surface area contributed by atoms with E-state index < -0.39 is 6.29 Å². The third-order valence-corrected chi connectivity index (χ3v) is 4.72. The highest BCUT2D eigenvalue weighted by molar-refractivity contribution is 5.26. The van der Waals surface area contributed by atoms with Crippen molar-refractivity contribution in [2.45, 2.75) is 71.6 Å². The molecule has 1 N–H and O–H groups in total. The molecule has 0 aliphatic heterocycles. The van der Waals surface area contributed by atoms with Gasteiger partial charge in [0.25, 0.3) is 0 Å². The van der Waals surface area contributed by atoms with Gasteiger partial charge in [0.2, 0.25) is 0 Å². The van der Waals surface area contributed by atoms with Gasteiger partial charge in [0.15, 0.2) is 6.29 Å². The van der Waals surface area contributed by atoms with E-state index in [4.69, 9.17) is 14.2 Å². The number of rotatable bonds is 7. The lowest BCUT2D eigenvalue weighted by atomic mass is 9.93. The van der Waals surface area contributed by atoms with Crippen LogP contribution < -0.4 is 4.74 Å². The maximum Gasteiger partial charge on any atom is 0.158 e. The standard InChI is InChI=1S/C20H32O4/c1-6-15-11-17(12-18(15)19(21)24-20(2,3)4)23-13-14-7-9-16(22-5)10-8-14/h7-10,15,17-19,21H,6,11-13H2,1-5H3. The Morgan fingerprint density at radius 3 is 2.38 bits per heavy atom. The lowest BCUT2D eigenvalue weighted by molar-refractivity contribution is -0.198. The van der Waals surface area contributed by atoms with Gasteiger partial charge in [0.1, 0.15) is 5.75 Å². The molecule has 4 heteroatoms. The quantitative estimate of drug-likeness (QED) is 0.760. The van der Waals surface area contributed by atoms with Crippen molar-refractivity contribution in [3.8, 4) is 5.75 Å². The number of hydrogen-bond donors (Lipinski definition) is 1. The number of aliphatic hydroxyl groups is 1. The Morgan fingerprint density at radius 2 is 1.83 bits per heavy atom. The van der Waals surface area contributed by atoms with Crippen LogP contribution in [0.2, 0.25) is 0 Å². The molecule has 2 rings (SSSR count). The molecular weight excluding hydrogens is 304 g/mol. The first-order valence-corrected chi connectivity index (χ1v) is 8.92. The fourth-order valence-corrected chi connectivity index (χ4v) is 3.44. The summed E-state index contributed by atoms with van der Waals surface area (Å²) in [4.78, 5) is 0. The van der Waals surface area contributed by atoms with Crippen molar-refractivity contribution >= 4 is 0 Å². The van der Waals surface area contributed by atoms with Crippen LogP contribution in [0.15, 0.2) is 24.3 Å². The van der Waals surface area contributed by atoms with Gasteiger partial charge in [0.05, 0.1) is 25.4 Å². The molecule has 1 aromatic rings. The lowest BCUT2D eigenvalue weighted by Crippen LogP contribution is -2.34. The Kier molecular flexibility index (Phi) is 6.67. The molecule has 0 radical (unpaired) electrons. The summed E-state index contributed by atoms with van der Waals surface area (Å²) in [7, 11) is 1.67. The summed E-state index contributed by atoms with van der Waals surface area (Å²) in [5.41, 5.74) is 0.804. The smallest absolute Gasteiger partial charge is 0.158 e. The first-order valence-electron chi connectivity index (χ1n) is 8.92. The molecule has 24 heavy (non-hydrogen) atoms. The fourth-order valence-electron chi connectivity index (χ4n) is 3.44. The van der Waals surface area contributed by atoms with Gasteiger partial charge in [-0.05, 0) is 57.2 Å². The minimum Gasteiger partial charge on any atom is -0.497 e. The molecule has 1 aliphatic rings. The van der Waals surface area contributed by atoms with E-state index in [-0.39, 0.29) is 17.6 Å². The number of aliphatic hydroxyl groups excluding tert-OH is 1. The van der Waals surface area contributed by atoms with Crippen LogP contribution in [0.4, 0.5) is 0 Å². The van der Waals surface area contributed by atoms with Crippen molar-refractivity contribution < 1.29 is 19.3 Å². The molecule has 136 valence electrons. The molecule has 0 amide bonds. The maximum atomic E-state index is 10.5.